The third kappa shape index (κ3) is 4.26. The number of nitrogens with one attached hydrogen (secondary N) is 1. The fraction of sp³-hybridized carbons (Fsp3) is 0.692. The molecule has 4 bridgehead atoms. The average molecular weight is 424 g/mol. The number of amides is 2. The van der Waals surface area contributed by atoms with E-state index in [1.54, 1.807) is 0 Å². The van der Waals surface area contributed by atoms with Crippen molar-refractivity contribution in [3.63, 3.8) is 0 Å². The number of nitrogens with zero attached hydrogens (tertiary/aromatic N) is 2. The van der Waals surface area contributed by atoms with Crippen LogP contribution in [0.2, 0.25) is 0 Å². The minimum Gasteiger partial charge on any atom is -0.349 e. The van der Waals surface area contributed by atoms with Crippen molar-refractivity contribution in [1.82, 2.24) is 15.1 Å². The van der Waals surface area contributed by atoms with Gasteiger partial charge in [0.05, 0.1) is 12.5 Å². The van der Waals surface area contributed by atoms with Crippen LogP contribution in [0.3, 0.4) is 0 Å². The van der Waals surface area contributed by atoms with E-state index in [0.29, 0.717) is 19.5 Å². The number of aryl methyl sites for hydroxylation is 1. The van der Waals surface area contributed by atoms with Crippen LogP contribution in [-0.4, -0.2) is 59.4 Å². The molecule has 5 aliphatic rings. The Morgan fingerprint density at radius 3 is 2.16 bits per heavy atom. The molecule has 1 atom stereocenters. The molecule has 6 rings (SSSR count). The molecule has 1 saturated heterocycles. The maximum Gasteiger partial charge on any atom is 0.237 e. The second kappa shape index (κ2) is 8.23. The fourth-order valence-corrected chi connectivity index (χ4v) is 7.24. The van der Waals surface area contributed by atoms with Crippen LogP contribution in [0, 0.1) is 24.7 Å². The highest BCUT2D eigenvalue weighted by molar-refractivity contribution is 5.82. The van der Waals surface area contributed by atoms with Crippen molar-refractivity contribution in [3.05, 3.63) is 35.4 Å². The molecule has 4 aliphatic carbocycles. The minimum absolute atomic E-state index is 0.0748. The van der Waals surface area contributed by atoms with Crippen LogP contribution in [0.25, 0.3) is 0 Å². The third-order valence-corrected chi connectivity index (χ3v) is 8.62. The van der Waals surface area contributed by atoms with Gasteiger partial charge in [0.15, 0.2) is 0 Å². The molecular weight excluding hydrogens is 386 g/mol. The average Bonchev–Trinajstić information content (AvgIpc) is 2.73. The zero-order valence-corrected chi connectivity index (χ0v) is 19.1. The molecule has 4 saturated carbocycles. The Bertz CT molecular complexity index is 808. The lowest BCUT2D eigenvalue weighted by Gasteiger charge is -2.57. The number of hydrogen-bond acceptors (Lipinski definition) is 3. The fourth-order valence-electron chi connectivity index (χ4n) is 7.24. The standard InChI is InChI=1S/C26H37N3O2/c1-18-5-3-4-6-23(18)14-24(30)29-9-7-28(8-10-29)19(2)25(31)27-26-15-20-11-21(16-26)13-22(12-20)17-26/h3-6,19-22H,7-17H2,1-2H3,(H,27,31). The van der Waals surface area contributed by atoms with E-state index in [4.69, 9.17) is 0 Å². The number of carbonyl (C=O) groups excluding carboxylic acids is 2. The highest BCUT2D eigenvalue weighted by atomic mass is 16.2. The Kier molecular flexibility index (Phi) is 5.58. The van der Waals surface area contributed by atoms with Gasteiger partial charge < -0.3 is 10.2 Å². The van der Waals surface area contributed by atoms with Gasteiger partial charge in [0, 0.05) is 31.7 Å². The van der Waals surface area contributed by atoms with Crippen molar-refractivity contribution >= 4 is 11.8 Å². The zero-order valence-electron chi connectivity index (χ0n) is 19.1. The van der Waals surface area contributed by atoms with Crippen molar-refractivity contribution in [2.45, 2.75) is 70.4 Å². The Balaban J connectivity index is 1.13. The van der Waals surface area contributed by atoms with E-state index < -0.39 is 0 Å². The lowest BCUT2D eigenvalue weighted by Crippen LogP contribution is -2.63. The first kappa shape index (κ1) is 21.0. The van der Waals surface area contributed by atoms with Gasteiger partial charge in [-0.1, -0.05) is 24.3 Å². The van der Waals surface area contributed by atoms with Crippen molar-refractivity contribution in [3.8, 4) is 0 Å². The summed E-state index contributed by atoms with van der Waals surface area (Å²) in [4.78, 5) is 30.2. The van der Waals surface area contributed by atoms with E-state index in [1.165, 1.54) is 44.1 Å². The molecule has 5 nitrogen and oxygen atoms in total. The van der Waals surface area contributed by atoms with Gasteiger partial charge in [-0.3, -0.25) is 14.5 Å². The number of piperazine rings is 1. The second-order valence-electron chi connectivity index (χ2n) is 10.9. The minimum atomic E-state index is -0.123. The van der Waals surface area contributed by atoms with Gasteiger partial charge in [-0.05, 0) is 81.3 Å². The Labute approximate surface area is 186 Å². The van der Waals surface area contributed by atoms with E-state index in [9.17, 15) is 9.59 Å². The van der Waals surface area contributed by atoms with Gasteiger partial charge in [-0.25, -0.2) is 0 Å². The molecule has 168 valence electrons. The quantitative estimate of drug-likeness (QED) is 0.792. The van der Waals surface area contributed by atoms with Crippen LogP contribution in [-0.2, 0) is 16.0 Å². The molecule has 31 heavy (non-hydrogen) atoms. The second-order valence-corrected chi connectivity index (χ2v) is 10.9. The van der Waals surface area contributed by atoms with Crippen LogP contribution >= 0.6 is 0 Å². The molecule has 1 aromatic rings. The highest BCUT2D eigenvalue weighted by Crippen LogP contribution is 2.55. The summed E-state index contributed by atoms with van der Waals surface area (Å²) in [7, 11) is 0. The van der Waals surface area contributed by atoms with Gasteiger partial charge in [-0.15, -0.1) is 0 Å². The summed E-state index contributed by atoms with van der Waals surface area (Å²) in [6.45, 7) is 7.06. The normalized spacial score (nSPS) is 33.4. The lowest BCUT2D eigenvalue weighted by atomic mass is 9.53. The van der Waals surface area contributed by atoms with Gasteiger partial charge in [0.2, 0.25) is 11.8 Å². The van der Waals surface area contributed by atoms with E-state index >= 15 is 0 Å². The molecule has 0 radical (unpaired) electrons. The molecule has 1 aromatic carbocycles. The maximum absolute atomic E-state index is 13.2. The van der Waals surface area contributed by atoms with Crippen LogP contribution in [0.5, 0.6) is 0 Å². The zero-order chi connectivity index (χ0) is 21.6. The first-order chi connectivity index (χ1) is 14.9. The summed E-state index contributed by atoms with van der Waals surface area (Å²) in [6.07, 6.45) is 8.22. The first-order valence-corrected chi connectivity index (χ1v) is 12.3. The van der Waals surface area contributed by atoms with E-state index in [-0.39, 0.29) is 23.4 Å². The molecule has 1 aliphatic heterocycles. The SMILES string of the molecule is Cc1ccccc1CC(=O)N1CCN(C(C)C(=O)NC23CC4CC(CC(C4)C2)C3)CC1. The van der Waals surface area contributed by atoms with Crippen LogP contribution in [0.1, 0.15) is 56.6 Å². The summed E-state index contributed by atoms with van der Waals surface area (Å²) in [5, 5.41) is 3.53. The molecule has 0 spiro atoms. The smallest absolute Gasteiger partial charge is 0.237 e. The van der Waals surface area contributed by atoms with Gasteiger partial charge in [0.1, 0.15) is 0 Å². The molecule has 2 amide bonds. The van der Waals surface area contributed by atoms with Crippen molar-refractivity contribution < 1.29 is 9.59 Å². The predicted molar refractivity (Wildman–Crippen MR) is 122 cm³/mol. The monoisotopic (exact) mass is 423 g/mol. The molecule has 5 heteroatoms. The van der Waals surface area contributed by atoms with Crippen LogP contribution in [0.4, 0.5) is 0 Å². The number of rotatable bonds is 5. The lowest BCUT2D eigenvalue weighted by molar-refractivity contribution is -0.135. The molecular formula is C26H37N3O2. The van der Waals surface area contributed by atoms with E-state index in [2.05, 4.69) is 23.2 Å². The summed E-state index contributed by atoms with van der Waals surface area (Å²) >= 11 is 0. The van der Waals surface area contributed by atoms with E-state index in [0.717, 1.165) is 36.4 Å². The Morgan fingerprint density at radius 1 is 1.00 bits per heavy atom. The first-order valence-electron chi connectivity index (χ1n) is 12.3. The summed E-state index contributed by atoms with van der Waals surface area (Å²) in [5.74, 6) is 2.90. The topological polar surface area (TPSA) is 52.7 Å². The van der Waals surface area contributed by atoms with Crippen molar-refractivity contribution in [1.29, 1.82) is 0 Å². The summed E-state index contributed by atoms with van der Waals surface area (Å²) in [5.41, 5.74) is 2.36. The van der Waals surface area contributed by atoms with Crippen molar-refractivity contribution in [2.75, 3.05) is 26.2 Å². The number of hydrogen-bond donors (Lipinski definition) is 1. The van der Waals surface area contributed by atoms with Gasteiger partial charge >= 0.3 is 0 Å². The van der Waals surface area contributed by atoms with Crippen molar-refractivity contribution in [2.24, 2.45) is 17.8 Å². The van der Waals surface area contributed by atoms with Crippen LogP contribution < -0.4 is 5.32 Å². The molecule has 1 unspecified atom stereocenters. The maximum atomic E-state index is 13.2. The molecule has 0 aromatic heterocycles. The summed E-state index contributed by atoms with van der Waals surface area (Å²) < 4.78 is 0. The molecule has 1 heterocycles. The number of benzene rings is 1. The predicted octanol–water partition coefficient (Wildman–Crippen LogP) is 3.16. The Morgan fingerprint density at radius 2 is 1.58 bits per heavy atom. The Hall–Kier alpha value is -1.88. The van der Waals surface area contributed by atoms with E-state index in [1.807, 2.05) is 30.0 Å². The highest BCUT2D eigenvalue weighted by Gasteiger charge is 2.51. The summed E-state index contributed by atoms with van der Waals surface area (Å²) in [6, 6.07) is 7.99. The van der Waals surface area contributed by atoms with Crippen LogP contribution in [0.15, 0.2) is 24.3 Å². The van der Waals surface area contributed by atoms with Gasteiger partial charge in [0.25, 0.3) is 0 Å². The number of carbonyl (C=O) groups is 2. The third-order valence-electron chi connectivity index (χ3n) is 8.62. The largest absolute Gasteiger partial charge is 0.349 e. The molecule has 1 N–H and O–H groups in total. The van der Waals surface area contributed by atoms with Gasteiger partial charge in [-0.2, -0.15) is 0 Å². The molecule has 5 fully saturated rings.